The van der Waals surface area contributed by atoms with Gasteiger partial charge in [-0.1, -0.05) is 0 Å². The van der Waals surface area contributed by atoms with Crippen molar-refractivity contribution in [3.05, 3.63) is 35.1 Å². The molecule has 1 unspecified atom stereocenters. The topological polar surface area (TPSA) is 86.6 Å². The van der Waals surface area contributed by atoms with Crippen LogP contribution in [0.5, 0.6) is 0 Å². The molecule has 3 N–H and O–H groups in total. The van der Waals surface area contributed by atoms with Gasteiger partial charge in [-0.3, -0.25) is 4.79 Å². The zero-order valence-electron chi connectivity index (χ0n) is 9.74. The summed E-state index contributed by atoms with van der Waals surface area (Å²) in [6, 6.07) is -0.572. The number of hydrogen-bond donors (Lipinski definition) is 3. The van der Waals surface area contributed by atoms with Gasteiger partial charge >= 0.3 is 12.1 Å². The fourth-order valence-corrected chi connectivity index (χ4v) is 1.30. The van der Waals surface area contributed by atoms with Crippen molar-refractivity contribution >= 4 is 11.9 Å². The SMILES string of the molecule is O=C(NC(CO)C(=O)O)c1cc(C(F)(F)F)ccc1F. The number of carbonyl (C=O) groups is 2. The van der Waals surface area contributed by atoms with Crippen molar-refractivity contribution in [2.75, 3.05) is 6.61 Å². The molecule has 1 rings (SSSR count). The fraction of sp³-hybridized carbons (Fsp3) is 0.273. The van der Waals surface area contributed by atoms with Crippen molar-refractivity contribution in [2.45, 2.75) is 12.2 Å². The third-order valence-electron chi connectivity index (χ3n) is 2.32. The molecule has 1 aromatic rings. The van der Waals surface area contributed by atoms with E-state index >= 15 is 0 Å². The van der Waals surface area contributed by atoms with Crippen LogP contribution in [-0.2, 0) is 11.0 Å². The summed E-state index contributed by atoms with van der Waals surface area (Å²) in [6.07, 6.45) is -4.77. The Morgan fingerprint density at radius 1 is 1.30 bits per heavy atom. The standard InChI is InChI=1S/C11H9F4NO4/c12-7-2-1-5(11(13,14)15)3-6(7)9(18)16-8(4-17)10(19)20/h1-3,8,17H,4H2,(H,16,18)(H,19,20). The van der Waals surface area contributed by atoms with Crippen LogP contribution in [0.3, 0.4) is 0 Å². The first-order chi connectivity index (χ1) is 9.16. The minimum absolute atomic E-state index is 0.265. The highest BCUT2D eigenvalue weighted by Crippen LogP contribution is 2.30. The van der Waals surface area contributed by atoms with E-state index in [2.05, 4.69) is 0 Å². The molecule has 110 valence electrons. The van der Waals surface area contributed by atoms with Gasteiger partial charge in [-0.2, -0.15) is 13.2 Å². The van der Waals surface area contributed by atoms with Crippen LogP contribution in [0.2, 0.25) is 0 Å². The number of rotatable bonds is 4. The van der Waals surface area contributed by atoms with E-state index in [-0.39, 0.29) is 6.07 Å². The predicted molar refractivity (Wildman–Crippen MR) is 57.4 cm³/mol. The number of carboxylic acid groups (broad SMARTS) is 1. The molecule has 0 aliphatic heterocycles. The van der Waals surface area contributed by atoms with Gasteiger partial charge in [-0.25, -0.2) is 9.18 Å². The molecule has 20 heavy (non-hydrogen) atoms. The number of amides is 1. The minimum Gasteiger partial charge on any atom is -0.480 e. The molecule has 0 spiro atoms. The number of carbonyl (C=O) groups excluding carboxylic acids is 1. The van der Waals surface area contributed by atoms with E-state index in [9.17, 15) is 27.2 Å². The van der Waals surface area contributed by atoms with E-state index in [1.54, 1.807) is 5.32 Å². The number of alkyl halides is 3. The predicted octanol–water partition coefficient (Wildman–Crippen LogP) is 1.02. The molecule has 1 amide bonds. The van der Waals surface area contributed by atoms with Gasteiger partial charge in [0.05, 0.1) is 17.7 Å². The van der Waals surface area contributed by atoms with Crippen LogP contribution in [0, 0.1) is 5.82 Å². The van der Waals surface area contributed by atoms with E-state index in [0.717, 1.165) is 0 Å². The Morgan fingerprint density at radius 3 is 2.35 bits per heavy atom. The molecular weight excluding hydrogens is 286 g/mol. The summed E-state index contributed by atoms with van der Waals surface area (Å²) in [5, 5.41) is 19.0. The van der Waals surface area contributed by atoms with Crippen LogP contribution in [0.1, 0.15) is 15.9 Å². The number of nitrogens with one attached hydrogen (secondary N) is 1. The van der Waals surface area contributed by atoms with Gasteiger partial charge in [0.2, 0.25) is 0 Å². The monoisotopic (exact) mass is 295 g/mol. The first-order valence-corrected chi connectivity index (χ1v) is 5.18. The van der Waals surface area contributed by atoms with Crippen molar-refractivity contribution < 1.29 is 37.4 Å². The fourth-order valence-electron chi connectivity index (χ4n) is 1.30. The second-order valence-corrected chi connectivity index (χ2v) is 3.74. The van der Waals surface area contributed by atoms with Crippen molar-refractivity contribution in [3.8, 4) is 0 Å². The highest BCUT2D eigenvalue weighted by Gasteiger charge is 2.32. The third kappa shape index (κ3) is 3.67. The molecule has 0 aliphatic carbocycles. The Hall–Kier alpha value is -2.16. The lowest BCUT2D eigenvalue weighted by molar-refractivity contribution is -0.140. The lowest BCUT2D eigenvalue weighted by atomic mass is 10.1. The highest BCUT2D eigenvalue weighted by molar-refractivity contribution is 5.97. The Labute approximate surface area is 109 Å². The number of benzene rings is 1. The molecule has 0 saturated heterocycles. The molecule has 0 heterocycles. The summed E-state index contributed by atoms with van der Waals surface area (Å²) in [5.41, 5.74) is -2.21. The van der Waals surface area contributed by atoms with Gasteiger partial charge in [-0.05, 0) is 18.2 Å². The van der Waals surface area contributed by atoms with E-state index in [1.807, 2.05) is 0 Å². The number of aliphatic carboxylic acids is 1. The van der Waals surface area contributed by atoms with E-state index in [0.29, 0.717) is 12.1 Å². The summed E-state index contributed by atoms with van der Waals surface area (Å²) in [4.78, 5) is 22.1. The maximum atomic E-state index is 13.3. The lowest BCUT2D eigenvalue weighted by Crippen LogP contribution is -2.43. The number of aliphatic hydroxyl groups is 1. The van der Waals surface area contributed by atoms with Crippen LogP contribution in [0.4, 0.5) is 17.6 Å². The van der Waals surface area contributed by atoms with Gasteiger partial charge in [0.15, 0.2) is 6.04 Å². The molecular formula is C11H9F4NO4. The second kappa shape index (κ2) is 5.87. The first-order valence-electron chi connectivity index (χ1n) is 5.18. The van der Waals surface area contributed by atoms with Crippen LogP contribution in [0.25, 0.3) is 0 Å². The molecule has 1 atom stereocenters. The smallest absolute Gasteiger partial charge is 0.416 e. The number of hydrogen-bond acceptors (Lipinski definition) is 3. The molecule has 9 heteroatoms. The molecule has 0 bridgehead atoms. The Morgan fingerprint density at radius 2 is 1.90 bits per heavy atom. The van der Waals surface area contributed by atoms with Gasteiger partial charge in [0.1, 0.15) is 5.82 Å². The number of aliphatic hydroxyl groups excluding tert-OH is 1. The summed E-state index contributed by atoms with van der Waals surface area (Å²) in [6.45, 7) is -0.984. The lowest BCUT2D eigenvalue weighted by Gasteiger charge is -2.13. The highest BCUT2D eigenvalue weighted by atomic mass is 19.4. The van der Waals surface area contributed by atoms with E-state index < -0.39 is 47.6 Å². The molecule has 1 aromatic carbocycles. The summed E-state index contributed by atoms with van der Waals surface area (Å²) < 4.78 is 50.6. The molecule has 0 radical (unpaired) electrons. The van der Waals surface area contributed by atoms with Crippen LogP contribution in [-0.4, -0.2) is 34.7 Å². The average molecular weight is 295 g/mol. The largest absolute Gasteiger partial charge is 0.480 e. The van der Waals surface area contributed by atoms with Crippen molar-refractivity contribution in [2.24, 2.45) is 0 Å². The van der Waals surface area contributed by atoms with Crippen LogP contribution in [0.15, 0.2) is 18.2 Å². The average Bonchev–Trinajstić information content (AvgIpc) is 2.34. The minimum atomic E-state index is -4.77. The Balaban J connectivity index is 3.06. The van der Waals surface area contributed by atoms with Crippen LogP contribution >= 0.6 is 0 Å². The summed E-state index contributed by atoms with van der Waals surface area (Å²) in [7, 11) is 0. The van der Waals surface area contributed by atoms with Crippen molar-refractivity contribution in [1.82, 2.24) is 5.32 Å². The van der Waals surface area contributed by atoms with Gasteiger partial charge in [0, 0.05) is 0 Å². The zero-order valence-corrected chi connectivity index (χ0v) is 9.74. The van der Waals surface area contributed by atoms with Gasteiger partial charge < -0.3 is 15.5 Å². The van der Waals surface area contributed by atoms with Crippen molar-refractivity contribution in [3.63, 3.8) is 0 Å². The zero-order chi connectivity index (χ0) is 15.5. The summed E-state index contributed by atoms with van der Waals surface area (Å²) in [5.74, 6) is -4.21. The molecule has 0 fully saturated rings. The normalized spacial score (nSPS) is 12.8. The van der Waals surface area contributed by atoms with E-state index in [1.165, 1.54) is 0 Å². The maximum absolute atomic E-state index is 13.3. The molecule has 0 saturated carbocycles. The van der Waals surface area contributed by atoms with Gasteiger partial charge in [0.25, 0.3) is 5.91 Å². The first kappa shape index (κ1) is 15.9. The van der Waals surface area contributed by atoms with Gasteiger partial charge in [-0.15, -0.1) is 0 Å². The Kier molecular flexibility index (Phi) is 4.66. The molecule has 0 aliphatic rings. The number of halogens is 4. The second-order valence-electron chi connectivity index (χ2n) is 3.74. The van der Waals surface area contributed by atoms with E-state index in [4.69, 9.17) is 10.2 Å². The Bertz CT molecular complexity index is 530. The van der Waals surface area contributed by atoms with Crippen LogP contribution < -0.4 is 5.32 Å². The maximum Gasteiger partial charge on any atom is 0.416 e. The van der Waals surface area contributed by atoms with Crippen molar-refractivity contribution in [1.29, 1.82) is 0 Å². The molecule has 0 aromatic heterocycles. The quantitative estimate of drug-likeness (QED) is 0.724. The molecule has 5 nitrogen and oxygen atoms in total. The third-order valence-corrected chi connectivity index (χ3v) is 2.32. The summed E-state index contributed by atoms with van der Waals surface area (Å²) >= 11 is 0. The number of carboxylic acids is 1.